The summed E-state index contributed by atoms with van der Waals surface area (Å²) in [5.41, 5.74) is -0.299. The quantitative estimate of drug-likeness (QED) is 0.651. The van der Waals surface area contributed by atoms with Gasteiger partial charge in [0.2, 0.25) is 15.9 Å². The fraction of sp³-hybridized carbons (Fsp3) is 0.286. The molecule has 1 heterocycles. The number of nitrogens with zero attached hydrogens (tertiary/aromatic N) is 2. The topological polar surface area (TPSA) is 66.9 Å². The number of ether oxygens (including phenoxy) is 1. The van der Waals surface area contributed by atoms with Crippen molar-refractivity contribution in [2.45, 2.75) is 11.1 Å². The summed E-state index contributed by atoms with van der Waals surface area (Å²) in [6.07, 6.45) is -1.71. The number of hydrogen-bond acceptors (Lipinski definition) is 4. The number of rotatable bonds is 5. The normalized spacial score (nSPS) is 15.9. The average Bonchev–Trinajstić information content (AvgIpc) is 2.77. The summed E-state index contributed by atoms with van der Waals surface area (Å²) in [5.74, 6) is 0.218. The van der Waals surface area contributed by atoms with Crippen LogP contribution in [-0.4, -0.2) is 56.8 Å². The van der Waals surface area contributed by atoms with Gasteiger partial charge in [0.1, 0.15) is 5.75 Å². The second-order valence-electron chi connectivity index (χ2n) is 6.86. The molecule has 1 aliphatic heterocycles. The molecule has 0 aliphatic carbocycles. The van der Waals surface area contributed by atoms with Gasteiger partial charge in [-0.2, -0.15) is 17.5 Å². The maximum Gasteiger partial charge on any atom is 0.416 e. The minimum atomic E-state index is -4.41. The number of halogens is 3. The summed E-state index contributed by atoms with van der Waals surface area (Å²) in [4.78, 5) is 14.0. The van der Waals surface area contributed by atoms with Crippen LogP contribution >= 0.6 is 0 Å². The molecule has 0 radical (unpaired) electrons. The van der Waals surface area contributed by atoms with Crippen molar-refractivity contribution in [1.82, 2.24) is 9.21 Å². The predicted molar refractivity (Wildman–Crippen MR) is 109 cm³/mol. The van der Waals surface area contributed by atoms with Gasteiger partial charge in [-0.3, -0.25) is 4.79 Å². The van der Waals surface area contributed by atoms with E-state index in [4.69, 9.17) is 4.74 Å². The van der Waals surface area contributed by atoms with Gasteiger partial charge >= 0.3 is 6.18 Å². The summed E-state index contributed by atoms with van der Waals surface area (Å²) in [7, 11) is -2.19. The number of hydrogen-bond donors (Lipinski definition) is 0. The standard InChI is InChI=1S/C21H21F3N2O4S/c1-30-18-7-9-19(10-8-18)31(28,29)26-14-12-25(13-15-26)20(27)11-4-16-2-5-17(6-3-16)21(22,23)24/h2-11H,12-15H2,1H3/b11-4+. The van der Waals surface area contributed by atoms with E-state index >= 15 is 0 Å². The highest BCUT2D eigenvalue weighted by Gasteiger charge is 2.30. The van der Waals surface area contributed by atoms with Crippen molar-refractivity contribution < 1.29 is 31.1 Å². The Bertz CT molecular complexity index is 1040. The molecule has 2 aromatic rings. The second-order valence-corrected chi connectivity index (χ2v) is 8.80. The van der Waals surface area contributed by atoms with E-state index in [1.165, 1.54) is 52.7 Å². The van der Waals surface area contributed by atoms with Crippen molar-refractivity contribution in [1.29, 1.82) is 0 Å². The summed E-state index contributed by atoms with van der Waals surface area (Å²) < 4.78 is 69.7. The van der Waals surface area contributed by atoms with Crippen molar-refractivity contribution in [3.8, 4) is 5.75 Å². The van der Waals surface area contributed by atoms with Crippen molar-refractivity contribution in [3.05, 3.63) is 65.7 Å². The molecule has 6 nitrogen and oxygen atoms in total. The van der Waals surface area contributed by atoms with Crippen molar-refractivity contribution in [2.24, 2.45) is 0 Å². The first-order valence-electron chi connectivity index (χ1n) is 9.40. The summed E-state index contributed by atoms with van der Waals surface area (Å²) in [6.45, 7) is 0.722. The Balaban J connectivity index is 1.58. The van der Waals surface area contributed by atoms with Gasteiger partial charge < -0.3 is 9.64 Å². The van der Waals surface area contributed by atoms with E-state index in [1.54, 1.807) is 12.1 Å². The van der Waals surface area contributed by atoms with Crippen LogP contribution in [0.15, 0.2) is 59.5 Å². The van der Waals surface area contributed by atoms with Gasteiger partial charge in [0, 0.05) is 32.3 Å². The molecule has 0 N–H and O–H groups in total. The lowest BCUT2D eigenvalue weighted by Crippen LogP contribution is -2.50. The average molecular weight is 454 g/mol. The van der Waals surface area contributed by atoms with E-state index in [0.717, 1.165) is 12.1 Å². The Labute approximate surface area is 178 Å². The number of methoxy groups -OCH3 is 1. The smallest absolute Gasteiger partial charge is 0.416 e. The fourth-order valence-corrected chi connectivity index (χ4v) is 4.52. The Morgan fingerprint density at radius 2 is 1.55 bits per heavy atom. The fourth-order valence-electron chi connectivity index (χ4n) is 3.10. The van der Waals surface area contributed by atoms with E-state index in [0.29, 0.717) is 11.3 Å². The Hall–Kier alpha value is -2.85. The van der Waals surface area contributed by atoms with E-state index in [1.807, 2.05) is 0 Å². The molecule has 0 saturated carbocycles. The lowest BCUT2D eigenvalue weighted by atomic mass is 10.1. The van der Waals surface area contributed by atoms with Crippen LogP contribution in [0.2, 0.25) is 0 Å². The Morgan fingerprint density at radius 3 is 2.06 bits per heavy atom. The lowest BCUT2D eigenvalue weighted by Gasteiger charge is -2.33. The third-order valence-corrected chi connectivity index (χ3v) is 6.82. The second kappa shape index (κ2) is 9.11. The minimum Gasteiger partial charge on any atom is -0.497 e. The SMILES string of the molecule is COc1ccc(S(=O)(=O)N2CCN(C(=O)/C=C/c3ccc(C(F)(F)F)cc3)CC2)cc1. The zero-order valence-electron chi connectivity index (χ0n) is 16.7. The molecule has 2 aromatic carbocycles. The molecule has 1 fully saturated rings. The van der Waals surface area contributed by atoms with Gasteiger partial charge in [-0.15, -0.1) is 0 Å². The molecular formula is C21H21F3N2O4S. The highest BCUT2D eigenvalue weighted by atomic mass is 32.2. The first-order chi connectivity index (χ1) is 14.6. The van der Waals surface area contributed by atoms with Crippen molar-refractivity contribution >= 4 is 22.0 Å². The van der Waals surface area contributed by atoms with Gasteiger partial charge in [-0.05, 0) is 48.0 Å². The molecule has 3 rings (SSSR count). The molecule has 166 valence electrons. The van der Waals surface area contributed by atoms with Crippen LogP contribution < -0.4 is 4.74 Å². The molecule has 1 saturated heterocycles. The Kier molecular flexibility index (Phi) is 6.71. The predicted octanol–water partition coefficient (Wildman–Crippen LogP) is 3.26. The number of carbonyl (C=O) groups excluding carboxylic acids is 1. The number of amides is 1. The number of alkyl halides is 3. The van der Waals surface area contributed by atoms with Crippen LogP contribution in [0.3, 0.4) is 0 Å². The minimum absolute atomic E-state index is 0.147. The molecule has 0 aromatic heterocycles. The molecule has 0 unspecified atom stereocenters. The summed E-state index contributed by atoms with van der Waals surface area (Å²) >= 11 is 0. The molecule has 1 aliphatic rings. The molecule has 0 atom stereocenters. The maximum absolute atomic E-state index is 12.8. The van der Waals surface area contributed by atoms with Crippen molar-refractivity contribution in [2.75, 3.05) is 33.3 Å². The number of sulfonamides is 1. The monoisotopic (exact) mass is 454 g/mol. The third kappa shape index (κ3) is 5.45. The Morgan fingerprint density at radius 1 is 0.968 bits per heavy atom. The molecule has 0 bridgehead atoms. The van der Waals surface area contributed by atoms with Crippen LogP contribution in [-0.2, 0) is 21.0 Å². The van der Waals surface area contributed by atoms with Crippen LogP contribution in [0.25, 0.3) is 6.08 Å². The molecule has 1 amide bonds. The number of piperazine rings is 1. The maximum atomic E-state index is 12.8. The van der Waals surface area contributed by atoms with E-state index in [9.17, 15) is 26.4 Å². The molecule has 10 heteroatoms. The van der Waals surface area contributed by atoms with Crippen LogP contribution in [0.1, 0.15) is 11.1 Å². The highest BCUT2D eigenvalue weighted by Crippen LogP contribution is 2.29. The van der Waals surface area contributed by atoms with Crippen LogP contribution in [0.4, 0.5) is 13.2 Å². The van der Waals surface area contributed by atoms with E-state index < -0.39 is 21.8 Å². The van der Waals surface area contributed by atoms with Crippen LogP contribution in [0.5, 0.6) is 5.75 Å². The summed E-state index contributed by atoms with van der Waals surface area (Å²) in [5, 5.41) is 0. The van der Waals surface area contributed by atoms with E-state index in [2.05, 4.69) is 0 Å². The van der Waals surface area contributed by atoms with Gasteiger partial charge in [-0.25, -0.2) is 8.42 Å². The molecular weight excluding hydrogens is 433 g/mol. The number of benzene rings is 2. The molecule has 31 heavy (non-hydrogen) atoms. The van der Waals surface area contributed by atoms with Crippen molar-refractivity contribution in [3.63, 3.8) is 0 Å². The summed E-state index contributed by atoms with van der Waals surface area (Å²) in [6, 6.07) is 10.5. The lowest BCUT2D eigenvalue weighted by molar-refractivity contribution is -0.137. The zero-order chi connectivity index (χ0) is 22.6. The van der Waals surface area contributed by atoms with Gasteiger partial charge in [0.15, 0.2) is 0 Å². The van der Waals surface area contributed by atoms with Crippen LogP contribution in [0, 0.1) is 0 Å². The highest BCUT2D eigenvalue weighted by molar-refractivity contribution is 7.89. The van der Waals surface area contributed by atoms with Gasteiger partial charge in [0.25, 0.3) is 0 Å². The zero-order valence-corrected chi connectivity index (χ0v) is 17.5. The largest absolute Gasteiger partial charge is 0.497 e. The molecule has 0 spiro atoms. The van der Waals surface area contributed by atoms with E-state index in [-0.39, 0.29) is 37.0 Å². The first kappa shape index (κ1) is 22.8. The number of carbonyl (C=O) groups is 1. The van der Waals surface area contributed by atoms with Gasteiger partial charge in [-0.1, -0.05) is 12.1 Å². The third-order valence-electron chi connectivity index (χ3n) is 4.90. The van der Waals surface area contributed by atoms with Gasteiger partial charge in [0.05, 0.1) is 17.6 Å². The first-order valence-corrected chi connectivity index (χ1v) is 10.8.